The van der Waals surface area contributed by atoms with Crippen molar-refractivity contribution in [3.63, 3.8) is 0 Å². The number of halogens is 2. The van der Waals surface area contributed by atoms with E-state index in [1.165, 1.54) is 12.1 Å². The molecule has 6 nitrogen and oxygen atoms in total. The maximum atomic E-state index is 14.0. The summed E-state index contributed by atoms with van der Waals surface area (Å²) in [4.78, 5) is 17.4. The average molecular weight is 411 g/mol. The second-order valence-corrected chi connectivity index (χ2v) is 7.14. The Balaban J connectivity index is 1.63. The smallest absolute Gasteiger partial charge is 0.305 e. The van der Waals surface area contributed by atoms with Gasteiger partial charge in [-0.05, 0) is 38.3 Å². The van der Waals surface area contributed by atoms with E-state index in [4.69, 9.17) is 4.74 Å². The first-order valence-electron chi connectivity index (χ1n) is 10.4. The Morgan fingerprint density at radius 3 is 2.79 bits per heavy atom. The molecule has 1 unspecified atom stereocenters. The molecule has 1 aliphatic heterocycles. The first-order valence-corrected chi connectivity index (χ1v) is 10.4. The third-order valence-electron chi connectivity index (χ3n) is 4.91. The van der Waals surface area contributed by atoms with Gasteiger partial charge >= 0.3 is 5.97 Å². The van der Waals surface area contributed by atoms with Crippen LogP contribution in [0, 0.1) is 11.6 Å². The molecule has 0 bridgehead atoms. The van der Waals surface area contributed by atoms with Gasteiger partial charge in [0, 0.05) is 45.2 Å². The zero-order valence-corrected chi connectivity index (χ0v) is 17.3. The van der Waals surface area contributed by atoms with E-state index in [1.54, 1.807) is 7.05 Å². The summed E-state index contributed by atoms with van der Waals surface area (Å²) in [6.07, 6.45) is 5.20. The van der Waals surface area contributed by atoms with Crippen LogP contribution in [-0.4, -0.2) is 51.3 Å². The van der Waals surface area contributed by atoms with Crippen LogP contribution >= 0.6 is 0 Å². The lowest BCUT2D eigenvalue weighted by atomic mass is 10.1. The lowest BCUT2D eigenvalue weighted by Crippen LogP contribution is -2.44. The summed E-state index contributed by atoms with van der Waals surface area (Å²) in [7, 11) is 1.72. The molecule has 1 aliphatic rings. The van der Waals surface area contributed by atoms with E-state index >= 15 is 0 Å². The first kappa shape index (κ1) is 22.9. The minimum atomic E-state index is -0.564. The maximum absolute atomic E-state index is 14.0. The number of hydrogen-bond donors (Lipinski definition) is 2. The number of carbonyl (C=O) groups is 1. The van der Waals surface area contributed by atoms with E-state index in [0.717, 1.165) is 50.7 Å². The quantitative estimate of drug-likeness (QED) is 0.268. The third kappa shape index (κ3) is 7.87. The minimum Gasteiger partial charge on any atom is -0.466 e. The van der Waals surface area contributed by atoms with Gasteiger partial charge in [-0.15, -0.1) is 0 Å². The molecule has 1 fully saturated rings. The highest BCUT2D eigenvalue weighted by Crippen LogP contribution is 2.24. The van der Waals surface area contributed by atoms with Crippen molar-refractivity contribution in [2.75, 3.05) is 38.2 Å². The Morgan fingerprint density at radius 1 is 1.28 bits per heavy atom. The number of benzene rings is 1. The summed E-state index contributed by atoms with van der Waals surface area (Å²) in [6.45, 7) is 4.39. The van der Waals surface area contributed by atoms with Crippen molar-refractivity contribution in [2.24, 2.45) is 4.99 Å². The van der Waals surface area contributed by atoms with Crippen molar-refractivity contribution in [3.8, 4) is 0 Å². The molecule has 0 spiro atoms. The van der Waals surface area contributed by atoms with Crippen LogP contribution in [0.15, 0.2) is 23.2 Å². The van der Waals surface area contributed by atoms with Crippen molar-refractivity contribution in [3.05, 3.63) is 29.8 Å². The fourth-order valence-corrected chi connectivity index (χ4v) is 3.41. The van der Waals surface area contributed by atoms with Gasteiger partial charge in [-0.3, -0.25) is 9.79 Å². The van der Waals surface area contributed by atoms with Gasteiger partial charge in [-0.1, -0.05) is 12.8 Å². The summed E-state index contributed by atoms with van der Waals surface area (Å²) >= 11 is 0. The standard InChI is InChI=1S/C21H32F2N4O2/c1-3-29-20(28)8-6-4-5-7-12-25-21(24-2)26-17-11-13-27(15-17)19-10-9-16(22)14-18(19)23/h9-10,14,17H,3-8,11-13,15H2,1-2H3,(H2,24,25,26). The molecule has 8 heteroatoms. The molecule has 2 rings (SSSR count). The Morgan fingerprint density at radius 2 is 2.07 bits per heavy atom. The molecular formula is C21H32F2N4O2. The summed E-state index contributed by atoms with van der Waals surface area (Å²) < 4.78 is 32.0. The van der Waals surface area contributed by atoms with Gasteiger partial charge in [-0.25, -0.2) is 8.78 Å². The number of guanidine groups is 1. The van der Waals surface area contributed by atoms with E-state index < -0.39 is 11.6 Å². The van der Waals surface area contributed by atoms with Crippen molar-refractivity contribution in [1.82, 2.24) is 10.6 Å². The second kappa shape index (κ2) is 12.2. The molecule has 0 saturated carbocycles. The summed E-state index contributed by atoms with van der Waals surface area (Å²) in [5.74, 6) is -0.494. The summed E-state index contributed by atoms with van der Waals surface area (Å²) in [5.41, 5.74) is 0.432. The predicted molar refractivity (Wildman–Crippen MR) is 111 cm³/mol. The first-order chi connectivity index (χ1) is 14.0. The van der Waals surface area contributed by atoms with E-state index in [2.05, 4.69) is 15.6 Å². The van der Waals surface area contributed by atoms with Crippen molar-refractivity contribution < 1.29 is 18.3 Å². The highest BCUT2D eigenvalue weighted by Gasteiger charge is 2.25. The summed E-state index contributed by atoms with van der Waals surface area (Å²) in [6, 6.07) is 3.84. The number of ether oxygens (including phenoxy) is 1. The number of rotatable bonds is 10. The fourth-order valence-electron chi connectivity index (χ4n) is 3.41. The maximum Gasteiger partial charge on any atom is 0.305 e. The van der Waals surface area contributed by atoms with Crippen molar-refractivity contribution in [1.29, 1.82) is 0 Å². The molecule has 2 N–H and O–H groups in total. The number of hydrogen-bond acceptors (Lipinski definition) is 4. The average Bonchev–Trinajstić information content (AvgIpc) is 3.14. The van der Waals surface area contributed by atoms with Crippen molar-refractivity contribution in [2.45, 2.75) is 51.5 Å². The van der Waals surface area contributed by atoms with Crippen molar-refractivity contribution >= 4 is 17.6 Å². The van der Waals surface area contributed by atoms with Crippen LogP contribution < -0.4 is 15.5 Å². The molecule has 1 saturated heterocycles. The third-order valence-corrected chi connectivity index (χ3v) is 4.91. The van der Waals surface area contributed by atoms with Gasteiger partial charge in [0.25, 0.3) is 0 Å². The molecule has 162 valence electrons. The van der Waals surface area contributed by atoms with Gasteiger partial charge in [0.05, 0.1) is 12.3 Å². The van der Waals surface area contributed by atoms with Gasteiger partial charge in [0.2, 0.25) is 0 Å². The Hall–Kier alpha value is -2.38. The number of anilines is 1. The van der Waals surface area contributed by atoms with Crippen LogP contribution in [0.1, 0.15) is 45.4 Å². The predicted octanol–water partition coefficient (Wildman–Crippen LogP) is 3.22. The lowest BCUT2D eigenvalue weighted by molar-refractivity contribution is -0.143. The molecule has 1 atom stereocenters. The number of esters is 1. The van der Waals surface area contributed by atoms with E-state index in [-0.39, 0.29) is 12.0 Å². The van der Waals surface area contributed by atoms with Crippen LogP contribution in [0.3, 0.4) is 0 Å². The van der Waals surface area contributed by atoms with Gasteiger partial charge in [-0.2, -0.15) is 0 Å². The van der Waals surface area contributed by atoms with Crippen LogP contribution in [-0.2, 0) is 9.53 Å². The highest BCUT2D eigenvalue weighted by molar-refractivity contribution is 5.80. The van der Waals surface area contributed by atoms with Gasteiger partial charge in [0.1, 0.15) is 11.6 Å². The minimum absolute atomic E-state index is 0.124. The molecule has 1 aromatic carbocycles. The van der Waals surface area contributed by atoms with Gasteiger partial charge in [0.15, 0.2) is 5.96 Å². The van der Waals surface area contributed by atoms with Gasteiger partial charge < -0.3 is 20.3 Å². The fraction of sp³-hybridized carbons (Fsp3) is 0.619. The molecular weight excluding hydrogens is 378 g/mol. The van der Waals surface area contributed by atoms with E-state index in [1.807, 2.05) is 11.8 Å². The zero-order chi connectivity index (χ0) is 21.1. The Labute approximate surface area is 171 Å². The summed E-state index contributed by atoms with van der Waals surface area (Å²) in [5, 5.41) is 6.66. The number of aliphatic imine (C=N–C) groups is 1. The molecule has 1 aromatic rings. The number of nitrogens with one attached hydrogen (secondary N) is 2. The zero-order valence-electron chi connectivity index (χ0n) is 17.3. The molecule has 0 aliphatic carbocycles. The van der Waals surface area contributed by atoms with Crippen LogP contribution in [0.5, 0.6) is 0 Å². The SMILES string of the molecule is CCOC(=O)CCCCCCNC(=NC)NC1CCN(c2ccc(F)cc2F)C1. The monoisotopic (exact) mass is 410 g/mol. The highest BCUT2D eigenvalue weighted by atomic mass is 19.1. The molecule has 0 aromatic heterocycles. The molecule has 29 heavy (non-hydrogen) atoms. The number of unbranched alkanes of at least 4 members (excludes halogenated alkanes) is 3. The molecule has 0 radical (unpaired) electrons. The number of carbonyl (C=O) groups excluding carboxylic acids is 1. The van der Waals surface area contributed by atoms with Crippen LogP contribution in [0.25, 0.3) is 0 Å². The molecule has 1 heterocycles. The van der Waals surface area contributed by atoms with Crippen LogP contribution in [0.4, 0.5) is 14.5 Å². The normalized spacial score (nSPS) is 16.8. The second-order valence-electron chi connectivity index (χ2n) is 7.14. The van der Waals surface area contributed by atoms with E-state index in [9.17, 15) is 13.6 Å². The Kier molecular flexibility index (Phi) is 9.67. The topological polar surface area (TPSA) is 66.0 Å². The largest absolute Gasteiger partial charge is 0.466 e. The Bertz CT molecular complexity index is 685. The number of nitrogens with zero attached hydrogens (tertiary/aromatic N) is 2. The van der Waals surface area contributed by atoms with E-state index in [0.29, 0.717) is 31.8 Å². The van der Waals surface area contributed by atoms with Crippen LogP contribution in [0.2, 0.25) is 0 Å². The molecule has 0 amide bonds. The lowest BCUT2D eigenvalue weighted by Gasteiger charge is -2.21.